The number of nitrogens with zero attached hydrogens (tertiary/aromatic N) is 2. The average molecular weight is 1170 g/mol. The highest BCUT2D eigenvalue weighted by Gasteiger charge is 2.42. The SMILES string of the molecule is COc1cc2c(cc1C(=O)CC1CCC(C)CC1)N=C(Cc1cc(CNC(=O)C(N)C(F)(F)F)ccc1C(F)(F)F)C2.COc1cc2c(cc1C(=O)CC1CCC(C)CC1)N=C(Cc1cc(CNC(=O)OC(C)(C)C)ccc1C(F)(F)F)C2. The van der Waals surface area contributed by atoms with Crippen LogP contribution in [0.4, 0.5) is 55.7 Å². The number of aliphatic imine (C=N–C) groups is 2. The van der Waals surface area contributed by atoms with Gasteiger partial charge in [-0.25, -0.2) is 4.79 Å². The molecule has 12 nitrogen and oxygen atoms in total. The molecule has 450 valence electrons. The van der Waals surface area contributed by atoms with Crippen LogP contribution in [0, 0.1) is 23.7 Å². The Balaban J connectivity index is 0.000000239. The van der Waals surface area contributed by atoms with E-state index in [2.05, 4.69) is 29.1 Å². The molecule has 8 rings (SSSR count). The van der Waals surface area contributed by atoms with Crippen molar-refractivity contribution in [3.63, 3.8) is 0 Å². The van der Waals surface area contributed by atoms with Crippen LogP contribution in [0.1, 0.15) is 164 Å². The second kappa shape index (κ2) is 26.4. The number of benzene rings is 4. The molecule has 2 aliphatic carbocycles. The predicted octanol–water partition coefficient (Wildman–Crippen LogP) is 14.5. The zero-order valence-electron chi connectivity index (χ0n) is 47.7. The summed E-state index contributed by atoms with van der Waals surface area (Å²) >= 11 is 0. The van der Waals surface area contributed by atoms with Crippen LogP contribution in [0.2, 0.25) is 0 Å². The second-order valence-electron chi connectivity index (χ2n) is 23.5. The molecular weight excluding hydrogens is 1100 g/mol. The molecule has 4 aliphatic rings. The maximum atomic E-state index is 13.9. The minimum absolute atomic E-state index is 0.0115. The number of amides is 2. The van der Waals surface area contributed by atoms with Gasteiger partial charge in [0.15, 0.2) is 17.6 Å². The number of halogens is 9. The van der Waals surface area contributed by atoms with Gasteiger partial charge in [0.1, 0.15) is 17.1 Å². The van der Waals surface area contributed by atoms with Crippen LogP contribution in [-0.2, 0) is 60.7 Å². The molecule has 0 spiro atoms. The molecule has 1 unspecified atom stereocenters. The molecule has 4 aromatic carbocycles. The van der Waals surface area contributed by atoms with Crippen LogP contribution < -0.4 is 25.8 Å². The quantitative estimate of drug-likeness (QED) is 0.0693. The highest BCUT2D eigenvalue weighted by Crippen LogP contribution is 2.41. The van der Waals surface area contributed by atoms with Crippen molar-refractivity contribution in [2.24, 2.45) is 39.4 Å². The fourth-order valence-electron chi connectivity index (χ4n) is 11.1. The second-order valence-corrected chi connectivity index (χ2v) is 23.5. The number of alkyl carbamates (subject to hydrolysis) is 1. The van der Waals surface area contributed by atoms with Gasteiger partial charge in [0.05, 0.1) is 47.8 Å². The van der Waals surface area contributed by atoms with Crippen molar-refractivity contribution in [3.05, 3.63) is 116 Å². The van der Waals surface area contributed by atoms with Gasteiger partial charge in [-0.15, -0.1) is 0 Å². The molecular formula is C62H72F9N5O7. The van der Waals surface area contributed by atoms with Crippen molar-refractivity contribution in [2.75, 3.05) is 14.2 Å². The maximum Gasteiger partial charge on any atom is 0.416 e. The van der Waals surface area contributed by atoms with Gasteiger partial charge >= 0.3 is 24.6 Å². The van der Waals surface area contributed by atoms with E-state index in [4.69, 9.17) is 19.9 Å². The first-order valence-corrected chi connectivity index (χ1v) is 27.9. The van der Waals surface area contributed by atoms with Gasteiger partial charge in [-0.3, -0.25) is 24.4 Å². The highest BCUT2D eigenvalue weighted by atomic mass is 19.4. The van der Waals surface area contributed by atoms with E-state index in [1.54, 1.807) is 45.0 Å². The lowest BCUT2D eigenvalue weighted by atomic mass is 9.80. The van der Waals surface area contributed by atoms with Crippen LogP contribution in [-0.4, -0.2) is 67.0 Å². The van der Waals surface area contributed by atoms with Gasteiger partial charge in [0, 0.05) is 63.0 Å². The summed E-state index contributed by atoms with van der Waals surface area (Å²) in [5, 5.41) is 4.61. The molecule has 0 saturated heterocycles. The van der Waals surface area contributed by atoms with Crippen LogP contribution >= 0.6 is 0 Å². The van der Waals surface area contributed by atoms with Crippen molar-refractivity contribution in [2.45, 2.75) is 168 Å². The number of alkyl halides is 9. The van der Waals surface area contributed by atoms with E-state index in [9.17, 15) is 58.7 Å². The first-order valence-electron chi connectivity index (χ1n) is 27.9. The molecule has 2 heterocycles. The van der Waals surface area contributed by atoms with E-state index in [0.717, 1.165) is 75.1 Å². The molecule has 2 saturated carbocycles. The fourth-order valence-corrected chi connectivity index (χ4v) is 11.1. The molecule has 2 amide bonds. The molecule has 4 aromatic rings. The van der Waals surface area contributed by atoms with Crippen LogP contribution in [0.15, 0.2) is 70.6 Å². The van der Waals surface area contributed by atoms with E-state index in [1.807, 2.05) is 5.32 Å². The zero-order valence-corrected chi connectivity index (χ0v) is 47.7. The highest BCUT2D eigenvalue weighted by molar-refractivity contribution is 6.03. The summed E-state index contributed by atoms with van der Waals surface area (Å²) < 4.78 is 137. The predicted molar refractivity (Wildman–Crippen MR) is 297 cm³/mol. The van der Waals surface area contributed by atoms with Crippen LogP contribution in [0.3, 0.4) is 0 Å². The van der Waals surface area contributed by atoms with Gasteiger partial charge in [-0.2, -0.15) is 39.5 Å². The summed E-state index contributed by atoms with van der Waals surface area (Å²) in [6.45, 7) is 9.22. The molecule has 2 fully saturated rings. The summed E-state index contributed by atoms with van der Waals surface area (Å²) in [5.41, 5.74) is 7.62. The average Bonchev–Trinajstić information content (AvgIpc) is 4.16. The van der Waals surface area contributed by atoms with Crippen LogP contribution in [0.5, 0.6) is 11.5 Å². The van der Waals surface area contributed by atoms with E-state index in [1.165, 1.54) is 32.4 Å². The van der Waals surface area contributed by atoms with Gasteiger partial charge in [-0.1, -0.05) is 63.8 Å². The minimum atomic E-state index is -4.95. The third-order valence-corrected chi connectivity index (χ3v) is 15.6. The number of hydrogen-bond acceptors (Lipinski definition) is 10. The molecule has 0 aromatic heterocycles. The van der Waals surface area contributed by atoms with Gasteiger partial charge in [-0.05, 0) is 140 Å². The number of methoxy groups -OCH3 is 2. The topological polar surface area (TPSA) is 171 Å². The number of nitrogens with one attached hydrogen (secondary N) is 2. The Morgan fingerprint density at radius 2 is 0.988 bits per heavy atom. The normalized spacial score (nSPS) is 19.2. The Labute approximate surface area is 477 Å². The number of Topliss-reactive ketones (excluding diaryl/α,β-unsaturated/α-hetero) is 2. The van der Waals surface area contributed by atoms with E-state index in [0.29, 0.717) is 99.5 Å². The molecule has 21 heteroatoms. The Bertz CT molecular complexity index is 3090. The standard InChI is InChI=1S/C32H39F3N2O4.C30H33F6N3O3/c1-19-6-8-20(9-7-19)13-28(38)25-17-27-23(16-29(25)40-5)15-24(37-27)14-22-12-21(10-11-26(22)32(33,34)35)18-36-30(39)41-31(2,3)4;1-16-3-5-17(6-4-16)10-25(40)22-14-24-20(13-26(22)42-2)12-21(39-24)11-19-9-18(7-8-23(19)29(31,32)33)15-38-28(41)27(37)30(34,35)36/h10-12,16-17,19-20H,6-9,13-15,18H2,1-5H3,(H,36,39);7-9,13-14,16-17,27H,3-6,10-12,15,37H2,1-2H3,(H,38,41). The lowest BCUT2D eigenvalue weighted by Crippen LogP contribution is -2.49. The van der Waals surface area contributed by atoms with Gasteiger partial charge in [0.2, 0.25) is 5.91 Å². The summed E-state index contributed by atoms with van der Waals surface area (Å²) in [4.78, 5) is 59.4. The van der Waals surface area contributed by atoms with Crippen molar-refractivity contribution in [1.29, 1.82) is 0 Å². The Hall–Kier alpha value is -6.77. The van der Waals surface area contributed by atoms with Crippen molar-refractivity contribution < 1.29 is 72.9 Å². The minimum Gasteiger partial charge on any atom is -0.496 e. The molecule has 1 atom stereocenters. The Morgan fingerprint density at radius 1 is 0.590 bits per heavy atom. The van der Waals surface area contributed by atoms with Gasteiger partial charge < -0.3 is 30.6 Å². The number of ether oxygens (including phenoxy) is 3. The van der Waals surface area contributed by atoms with E-state index >= 15 is 0 Å². The Kier molecular flexibility index (Phi) is 20.3. The number of carbonyl (C=O) groups is 4. The molecule has 83 heavy (non-hydrogen) atoms. The summed E-state index contributed by atoms with van der Waals surface area (Å²) in [5.74, 6) is 1.34. The summed E-state index contributed by atoms with van der Waals surface area (Å²) in [6, 6.07) is 11.0. The molecule has 0 bridgehead atoms. The molecule has 2 aliphatic heterocycles. The van der Waals surface area contributed by atoms with Crippen molar-refractivity contribution in [3.8, 4) is 11.5 Å². The number of nitrogens with two attached hydrogens (primary N) is 1. The number of fused-ring (bicyclic) bond motifs is 2. The summed E-state index contributed by atoms with van der Waals surface area (Å²) in [7, 11) is 2.98. The Morgan fingerprint density at radius 3 is 1.35 bits per heavy atom. The fraction of sp³-hybridized carbons (Fsp3) is 0.516. The lowest BCUT2D eigenvalue weighted by Gasteiger charge is -2.25. The van der Waals surface area contributed by atoms with Gasteiger partial charge in [0.25, 0.3) is 0 Å². The third kappa shape index (κ3) is 17.4. The summed E-state index contributed by atoms with van der Waals surface area (Å²) in [6.07, 6.45) is -5.12. The van der Waals surface area contributed by atoms with Crippen molar-refractivity contribution in [1.82, 2.24) is 10.6 Å². The molecule has 4 N–H and O–H groups in total. The largest absolute Gasteiger partial charge is 0.496 e. The first-order chi connectivity index (χ1) is 38.9. The lowest BCUT2D eigenvalue weighted by molar-refractivity contribution is -0.163. The van der Waals surface area contributed by atoms with E-state index in [-0.39, 0.29) is 54.1 Å². The first kappa shape index (κ1) is 63.8. The smallest absolute Gasteiger partial charge is 0.416 e. The number of rotatable bonds is 17. The maximum absolute atomic E-state index is 13.9. The number of hydrogen-bond donors (Lipinski definition) is 3. The number of ketones is 2. The number of carbonyl (C=O) groups excluding carboxylic acids is 4. The van der Waals surface area contributed by atoms with Crippen molar-refractivity contribution >= 4 is 46.4 Å². The third-order valence-electron chi connectivity index (χ3n) is 15.6. The molecule has 0 radical (unpaired) electrons. The van der Waals surface area contributed by atoms with Crippen LogP contribution in [0.25, 0.3) is 0 Å². The monoisotopic (exact) mass is 1170 g/mol. The zero-order chi connectivity index (χ0) is 60.8. The van der Waals surface area contributed by atoms with E-state index < -0.39 is 59.8 Å².